The zero-order valence-electron chi connectivity index (χ0n) is 16.7. The SMILES string of the molecule is CCOC(=O)c1ccccc1NC(=O)CN(C)CC(=O)Nc1ccc(OC)cc1. The number of benzene rings is 2. The molecule has 0 aliphatic heterocycles. The van der Waals surface area contributed by atoms with Crippen molar-refractivity contribution >= 4 is 29.2 Å². The van der Waals surface area contributed by atoms with Crippen molar-refractivity contribution in [2.75, 3.05) is 44.5 Å². The molecule has 2 rings (SSSR count). The molecule has 0 spiro atoms. The van der Waals surface area contributed by atoms with Crippen LogP contribution in [-0.2, 0) is 14.3 Å². The number of likely N-dealkylation sites (N-methyl/N-ethyl adjacent to an activating group) is 1. The minimum Gasteiger partial charge on any atom is -0.497 e. The summed E-state index contributed by atoms with van der Waals surface area (Å²) in [7, 11) is 3.23. The molecule has 2 N–H and O–H groups in total. The van der Waals surface area contributed by atoms with Crippen LogP contribution in [0.4, 0.5) is 11.4 Å². The molecule has 0 aliphatic carbocycles. The fourth-order valence-corrected chi connectivity index (χ4v) is 2.59. The number of methoxy groups -OCH3 is 1. The summed E-state index contributed by atoms with van der Waals surface area (Å²) >= 11 is 0. The van der Waals surface area contributed by atoms with Gasteiger partial charge < -0.3 is 20.1 Å². The highest BCUT2D eigenvalue weighted by Gasteiger charge is 2.16. The van der Waals surface area contributed by atoms with Gasteiger partial charge in [-0.2, -0.15) is 0 Å². The van der Waals surface area contributed by atoms with Crippen LogP contribution in [0.1, 0.15) is 17.3 Å². The van der Waals surface area contributed by atoms with E-state index in [1.165, 1.54) is 0 Å². The number of hydrogen-bond acceptors (Lipinski definition) is 6. The molecule has 2 aromatic carbocycles. The van der Waals surface area contributed by atoms with Gasteiger partial charge in [0.05, 0.1) is 38.1 Å². The van der Waals surface area contributed by atoms with E-state index in [4.69, 9.17) is 9.47 Å². The molecule has 0 radical (unpaired) electrons. The van der Waals surface area contributed by atoms with Crippen molar-refractivity contribution in [3.8, 4) is 5.75 Å². The van der Waals surface area contributed by atoms with Gasteiger partial charge in [0.25, 0.3) is 0 Å². The lowest BCUT2D eigenvalue weighted by Gasteiger charge is -2.17. The van der Waals surface area contributed by atoms with Crippen LogP contribution in [0.2, 0.25) is 0 Å². The summed E-state index contributed by atoms with van der Waals surface area (Å²) in [6, 6.07) is 13.6. The Labute approximate surface area is 169 Å². The van der Waals surface area contributed by atoms with Crippen molar-refractivity contribution in [3.63, 3.8) is 0 Å². The zero-order chi connectivity index (χ0) is 21.2. The van der Waals surface area contributed by atoms with Gasteiger partial charge in [0.1, 0.15) is 5.75 Å². The highest BCUT2D eigenvalue weighted by molar-refractivity contribution is 6.02. The van der Waals surface area contributed by atoms with Crippen LogP contribution < -0.4 is 15.4 Å². The Morgan fingerprint density at radius 3 is 2.17 bits per heavy atom. The van der Waals surface area contributed by atoms with Gasteiger partial charge in [-0.15, -0.1) is 0 Å². The van der Waals surface area contributed by atoms with Crippen LogP contribution >= 0.6 is 0 Å². The molecule has 0 heterocycles. The largest absolute Gasteiger partial charge is 0.497 e. The van der Waals surface area contributed by atoms with Gasteiger partial charge >= 0.3 is 5.97 Å². The number of nitrogens with zero attached hydrogens (tertiary/aromatic N) is 1. The quantitative estimate of drug-likeness (QED) is 0.629. The van der Waals surface area contributed by atoms with Gasteiger partial charge in [-0.05, 0) is 50.4 Å². The number of para-hydroxylation sites is 1. The van der Waals surface area contributed by atoms with Crippen LogP contribution in [0.15, 0.2) is 48.5 Å². The smallest absolute Gasteiger partial charge is 0.340 e. The van der Waals surface area contributed by atoms with Crippen LogP contribution in [0.25, 0.3) is 0 Å². The molecule has 0 bridgehead atoms. The van der Waals surface area contributed by atoms with Crippen LogP contribution in [0.5, 0.6) is 5.75 Å². The van der Waals surface area contributed by atoms with E-state index in [2.05, 4.69) is 10.6 Å². The first kappa shape index (κ1) is 21.9. The molecule has 2 amide bonds. The third-order valence-electron chi connectivity index (χ3n) is 3.90. The van der Waals surface area contributed by atoms with E-state index >= 15 is 0 Å². The van der Waals surface area contributed by atoms with Crippen LogP contribution in [-0.4, -0.2) is 56.5 Å². The Morgan fingerprint density at radius 1 is 0.931 bits per heavy atom. The summed E-state index contributed by atoms with van der Waals surface area (Å²) < 4.78 is 10.1. The standard InChI is InChI=1S/C21H25N3O5/c1-4-29-21(27)17-7-5-6-8-18(17)23-20(26)14-24(2)13-19(25)22-15-9-11-16(28-3)12-10-15/h5-12H,4,13-14H2,1-3H3,(H,22,25)(H,23,26). The van der Waals surface area contributed by atoms with Crippen molar-refractivity contribution in [2.45, 2.75) is 6.92 Å². The number of hydrogen-bond donors (Lipinski definition) is 2. The molecular weight excluding hydrogens is 374 g/mol. The second-order valence-electron chi connectivity index (χ2n) is 6.26. The summed E-state index contributed by atoms with van der Waals surface area (Å²) in [5.74, 6) is -0.408. The number of esters is 1. The van der Waals surface area contributed by atoms with E-state index in [9.17, 15) is 14.4 Å². The van der Waals surface area contributed by atoms with E-state index in [1.54, 1.807) is 74.5 Å². The number of nitrogens with one attached hydrogen (secondary N) is 2. The maximum Gasteiger partial charge on any atom is 0.340 e. The minimum atomic E-state index is -0.504. The van der Waals surface area contributed by atoms with Crippen LogP contribution in [0, 0.1) is 0 Å². The maximum absolute atomic E-state index is 12.3. The Bertz CT molecular complexity index is 852. The third-order valence-corrected chi connectivity index (χ3v) is 3.90. The molecular formula is C21H25N3O5. The van der Waals surface area contributed by atoms with E-state index in [0.717, 1.165) is 0 Å². The number of amides is 2. The van der Waals surface area contributed by atoms with E-state index in [-0.39, 0.29) is 37.1 Å². The lowest BCUT2D eigenvalue weighted by Crippen LogP contribution is -2.36. The molecule has 0 fully saturated rings. The predicted molar refractivity (Wildman–Crippen MR) is 110 cm³/mol. The Hall–Kier alpha value is -3.39. The highest BCUT2D eigenvalue weighted by Crippen LogP contribution is 2.17. The molecule has 2 aromatic rings. The topological polar surface area (TPSA) is 97.0 Å². The number of carbonyl (C=O) groups is 3. The van der Waals surface area contributed by atoms with E-state index in [0.29, 0.717) is 17.1 Å². The normalized spacial score (nSPS) is 10.3. The van der Waals surface area contributed by atoms with Gasteiger partial charge in [-0.3, -0.25) is 14.5 Å². The van der Waals surface area contributed by atoms with Gasteiger partial charge in [0.2, 0.25) is 11.8 Å². The van der Waals surface area contributed by atoms with Crippen molar-refractivity contribution in [3.05, 3.63) is 54.1 Å². The Morgan fingerprint density at radius 2 is 1.55 bits per heavy atom. The first-order valence-corrected chi connectivity index (χ1v) is 9.11. The molecule has 8 nitrogen and oxygen atoms in total. The number of ether oxygens (including phenoxy) is 2. The van der Waals surface area contributed by atoms with Crippen molar-refractivity contribution in [1.82, 2.24) is 4.90 Å². The molecule has 0 saturated carbocycles. The van der Waals surface area contributed by atoms with Gasteiger partial charge in [-0.1, -0.05) is 12.1 Å². The molecule has 29 heavy (non-hydrogen) atoms. The number of anilines is 2. The van der Waals surface area contributed by atoms with Crippen molar-refractivity contribution < 1.29 is 23.9 Å². The highest BCUT2D eigenvalue weighted by atomic mass is 16.5. The fourth-order valence-electron chi connectivity index (χ4n) is 2.59. The average molecular weight is 399 g/mol. The van der Waals surface area contributed by atoms with Gasteiger partial charge in [-0.25, -0.2) is 4.79 Å². The summed E-state index contributed by atoms with van der Waals surface area (Å²) in [6.45, 7) is 1.96. The van der Waals surface area contributed by atoms with E-state index < -0.39 is 5.97 Å². The lowest BCUT2D eigenvalue weighted by atomic mass is 10.2. The predicted octanol–water partition coefficient (Wildman–Crippen LogP) is 2.38. The summed E-state index contributed by atoms with van der Waals surface area (Å²) in [6.07, 6.45) is 0. The van der Waals surface area contributed by atoms with Crippen molar-refractivity contribution in [2.24, 2.45) is 0 Å². The van der Waals surface area contributed by atoms with E-state index in [1.807, 2.05) is 0 Å². The summed E-state index contributed by atoms with van der Waals surface area (Å²) in [5, 5.41) is 5.45. The number of carbonyl (C=O) groups excluding carboxylic acids is 3. The maximum atomic E-state index is 12.3. The summed E-state index contributed by atoms with van der Waals surface area (Å²) in [5.41, 5.74) is 1.28. The fraction of sp³-hybridized carbons (Fsp3) is 0.286. The van der Waals surface area contributed by atoms with Gasteiger partial charge in [0, 0.05) is 5.69 Å². The Balaban J connectivity index is 1.87. The zero-order valence-corrected chi connectivity index (χ0v) is 16.7. The second kappa shape index (κ2) is 10.8. The molecule has 0 atom stereocenters. The molecule has 8 heteroatoms. The summed E-state index contributed by atoms with van der Waals surface area (Å²) in [4.78, 5) is 38.0. The first-order valence-electron chi connectivity index (χ1n) is 9.11. The molecule has 154 valence electrons. The van der Waals surface area contributed by atoms with Crippen molar-refractivity contribution in [1.29, 1.82) is 0 Å². The monoisotopic (exact) mass is 399 g/mol. The van der Waals surface area contributed by atoms with Crippen LogP contribution in [0.3, 0.4) is 0 Å². The lowest BCUT2D eigenvalue weighted by molar-refractivity contribution is -0.119. The first-order chi connectivity index (χ1) is 13.9. The Kier molecular flexibility index (Phi) is 8.17. The molecule has 0 saturated heterocycles. The average Bonchev–Trinajstić information content (AvgIpc) is 2.68. The molecule has 0 unspecified atom stereocenters. The number of rotatable bonds is 9. The third kappa shape index (κ3) is 6.93. The van der Waals surface area contributed by atoms with Gasteiger partial charge in [0.15, 0.2) is 0 Å². The second-order valence-corrected chi connectivity index (χ2v) is 6.26. The minimum absolute atomic E-state index is 0.0206. The molecule has 0 aliphatic rings. The molecule has 0 aromatic heterocycles.